The maximum absolute atomic E-state index is 11.7. The molecule has 1 saturated heterocycles. The summed E-state index contributed by atoms with van der Waals surface area (Å²) in [4.78, 5) is 11.7. The summed E-state index contributed by atoms with van der Waals surface area (Å²) in [6.07, 6.45) is 3.58. The summed E-state index contributed by atoms with van der Waals surface area (Å²) >= 11 is 1.80. The number of thioether (sulfide) groups is 1. The van der Waals surface area contributed by atoms with Crippen LogP contribution in [0.2, 0.25) is 0 Å². The molecule has 0 aromatic rings. The summed E-state index contributed by atoms with van der Waals surface area (Å²) in [7, 11) is 0. The Bertz CT molecular complexity index is 216. The highest BCUT2D eigenvalue weighted by molar-refractivity contribution is 7.99. The summed E-state index contributed by atoms with van der Waals surface area (Å²) in [5, 5.41) is 6.33. The van der Waals surface area contributed by atoms with Gasteiger partial charge in [0.05, 0.1) is 6.04 Å². The lowest BCUT2D eigenvalue weighted by atomic mass is 10.1. The van der Waals surface area contributed by atoms with Crippen LogP contribution in [-0.2, 0) is 4.79 Å². The van der Waals surface area contributed by atoms with E-state index >= 15 is 0 Å². The van der Waals surface area contributed by atoms with Gasteiger partial charge in [-0.05, 0) is 25.2 Å². The summed E-state index contributed by atoms with van der Waals surface area (Å²) in [6.45, 7) is 2.26. The van der Waals surface area contributed by atoms with Crippen molar-refractivity contribution >= 4 is 17.7 Å². The van der Waals surface area contributed by atoms with Crippen molar-refractivity contribution < 1.29 is 4.79 Å². The first-order valence-electron chi connectivity index (χ1n) is 5.37. The van der Waals surface area contributed by atoms with Gasteiger partial charge >= 0.3 is 0 Å². The second-order valence-corrected chi connectivity index (χ2v) is 5.43. The Labute approximate surface area is 89.4 Å². The number of nitrogens with one attached hydrogen (secondary N) is 2. The highest BCUT2D eigenvalue weighted by Crippen LogP contribution is 2.24. The molecule has 3 atom stereocenters. The number of carbonyl (C=O) groups excluding carboxylic acids is 1. The predicted molar refractivity (Wildman–Crippen MR) is 59.2 cm³/mol. The van der Waals surface area contributed by atoms with E-state index in [0.29, 0.717) is 6.04 Å². The molecule has 1 saturated carbocycles. The van der Waals surface area contributed by atoms with Crippen LogP contribution in [0.15, 0.2) is 0 Å². The first-order valence-corrected chi connectivity index (χ1v) is 6.52. The number of hydrogen-bond donors (Lipinski definition) is 2. The molecule has 0 radical (unpaired) electrons. The van der Waals surface area contributed by atoms with Gasteiger partial charge in [-0.1, -0.05) is 6.92 Å². The number of rotatable bonds is 2. The zero-order chi connectivity index (χ0) is 9.97. The van der Waals surface area contributed by atoms with Crippen LogP contribution in [0.1, 0.15) is 26.2 Å². The highest BCUT2D eigenvalue weighted by atomic mass is 32.2. The first-order chi connectivity index (χ1) is 6.75. The number of hydrogen-bond acceptors (Lipinski definition) is 3. The molecule has 1 heterocycles. The lowest BCUT2D eigenvalue weighted by Gasteiger charge is -2.15. The van der Waals surface area contributed by atoms with E-state index in [2.05, 4.69) is 17.6 Å². The zero-order valence-electron chi connectivity index (χ0n) is 8.58. The SMILES string of the molecule is CC1CCC(NC(=O)C2CSCN2)C1. The third-order valence-electron chi connectivity index (χ3n) is 3.07. The minimum absolute atomic E-state index is 0.0518. The van der Waals surface area contributed by atoms with E-state index in [9.17, 15) is 4.79 Å². The van der Waals surface area contributed by atoms with Crippen LogP contribution in [0.5, 0.6) is 0 Å². The van der Waals surface area contributed by atoms with Gasteiger partial charge in [-0.3, -0.25) is 10.1 Å². The molecule has 2 aliphatic rings. The van der Waals surface area contributed by atoms with Gasteiger partial charge < -0.3 is 5.32 Å². The third kappa shape index (κ3) is 2.42. The Morgan fingerprint density at radius 2 is 2.36 bits per heavy atom. The minimum Gasteiger partial charge on any atom is -0.352 e. The Morgan fingerprint density at radius 1 is 1.50 bits per heavy atom. The second-order valence-electron chi connectivity index (χ2n) is 4.40. The van der Waals surface area contributed by atoms with Gasteiger partial charge in [0.25, 0.3) is 0 Å². The largest absolute Gasteiger partial charge is 0.352 e. The van der Waals surface area contributed by atoms with Crippen LogP contribution in [0.3, 0.4) is 0 Å². The monoisotopic (exact) mass is 214 g/mol. The van der Waals surface area contributed by atoms with Crippen molar-refractivity contribution in [2.75, 3.05) is 11.6 Å². The molecule has 1 aliphatic carbocycles. The molecule has 2 N–H and O–H groups in total. The number of amides is 1. The quantitative estimate of drug-likeness (QED) is 0.719. The lowest BCUT2D eigenvalue weighted by molar-refractivity contribution is -0.123. The van der Waals surface area contributed by atoms with Crippen molar-refractivity contribution in [2.24, 2.45) is 5.92 Å². The topological polar surface area (TPSA) is 41.1 Å². The fourth-order valence-corrected chi connectivity index (χ4v) is 3.15. The predicted octanol–water partition coefficient (Wildman–Crippen LogP) is 0.954. The molecule has 14 heavy (non-hydrogen) atoms. The molecule has 0 bridgehead atoms. The summed E-state index contributed by atoms with van der Waals surface area (Å²) in [5.41, 5.74) is 0. The fourth-order valence-electron chi connectivity index (χ4n) is 2.20. The second kappa shape index (κ2) is 4.53. The molecule has 1 amide bonds. The van der Waals surface area contributed by atoms with Crippen molar-refractivity contribution in [3.05, 3.63) is 0 Å². The van der Waals surface area contributed by atoms with Gasteiger partial charge in [-0.15, -0.1) is 11.8 Å². The van der Waals surface area contributed by atoms with Crippen molar-refractivity contribution in [2.45, 2.75) is 38.3 Å². The van der Waals surface area contributed by atoms with Gasteiger partial charge in [0.2, 0.25) is 5.91 Å². The Morgan fingerprint density at radius 3 is 2.93 bits per heavy atom. The van der Waals surface area contributed by atoms with Gasteiger partial charge in [0.1, 0.15) is 0 Å². The Kier molecular flexibility index (Phi) is 3.34. The molecule has 3 nitrogen and oxygen atoms in total. The van der Waals surface area contributed by atoms with Crippen LogP contribution in [0.25, 0.3) is 0 Å². The van der Waals surface area contributed by atoms with E-state index < -0.39 is 0 Å². The van der Waals surface area contributed by atoms with E-state index in [1.165, 1.54) is 6.42 Å². The van der Waals surface area contributed by atoms with Crippen molar-refractivity contribution in [1.29, 1.82) is 0 Å². The molecule has 1 aliphatic heterocycles. The maximum atomic E-state index is 11.7. The zero-order valence-corrected chi connectivity index (χ0v) is 9.40. The van der Waals surface area contributed by atoms with Crippen molar-refractivity contribution in [3.8, 4) is 0 Å². The molecule has 0 aromatic carbocycles. The van der Waals surface area contributed by atoms with Gasteiger partial charge in [0.15, 0.2) is 0 Å². The Hall–Kier alpha value is -0.220. The van der Waals surface area contributed by atoms with Crippen molar-refractivity contribution in [3.63, 3.8) is 0 Å². The molecule has 2 rings (SSSR count). The van der Waals surface area contributed by atoms with Crippen LogP contribution >= 0.6 is 11.8 Å². The molecule has 4 heteroatoms. The van der Waals surface area contributed by atoms with E-state index in [1.54, 1.807) is 11.8 Å². The van der Waals surface area contributed by atoms with Crippen LogP contribution in [0, 0.1) is 5.92 Å². The average Bonchev–Trinajstić information content (AvgIpc) is 2.75. The summed E-state index contributed by atoms with van der Waals surface area (Å²) in [6, 6.07) is 0.487. The van der Waals surface area contributed by atoms with E-state index in [1.807, 2.05) is 0 Å². The minimum atomic E-state index is 0.0518. The van der Waals surface area contributed by atoms with Gasteiger partial charge in [-0.2, -0.15) is 0 Å². The van der Waals surface area contributed by atoms with Gasteiger partial charge in [-0.25, -0.2) is 0 Å². The summed E-state index contributed by atoms with van der Waals surface area (Å²) < 4.78 is 0. The first kappa shape index (κ1) is 10.3. The van der Waals surface area contributed by atoms with E-state index in [0.717, 1.165) is 30.4 Å². The molecule has 2 fully saturated rings. The lowest BCUT2D eigenvalue weighted by Crippen LogP contribution is -2.45. The molecule has 3 unspecified atom stereocenters. The van der Waals surface area contributed by atoms with Crippen LogP contribution in [-0.4, -0.2) is 29.6 Å². The summed E-state index contributed by atoms with van der Waals surface area (Å²) in [5.74, 6) is 2.83. The fraction of sp³-hybridized carbons (Fsp3) is 0.900. The molecule has 80 valence electrons. The highest BCUT2D eigenvalue weighted by Gasteiger charge is 2.27. The van der Waals surface area contributed by atoms with Crippen LogP contribution < -0.4 is 10.6 Å². The molecular formula is C10H18N2OS. The molecule has 0 spiro atoms. The Balaban J connectivity index is 1.76. The normalized spacial score (nSPS) is 37.4. The smallest absolute Gasteiger partial charge is 0.238 e. The van der Waals surface area contributed by atoms with Gasteiger partial charge in [0, 0.05) is 17.7 Å². The number of carbonyl (C=O) groups is 1. The molecule has 0 aromatic heterocycles. The standard InChI is InChI=1S/C10H18N2OS/c1-7-2-3-8(4-7)12-10(13)9-5-14-6-11-9/h7-9,11H,2-6H2,1H3,(H,12,13). The third-order valence-corrected chi connectivity index (χ3v) is 4.01. The van der Waals surface area contributed by atoms with Crippen molar-refractivity contribution in [1.82, 2.24) is 10.6 Å². The van der Waals surface area contributed by atoms with Crippen LogP contribution in [0.4, 0.5) is 0 Å². The maximum Gasteiger partial charge on any atom is 0.238 e. The van der Waals surface area contributed by atoms with E-state index in [4.69, 9.17) is 0 Å². The van der Waals surface area contributed by atoms with E-state index in [-0.39, 0.29) is 11.9 Å². The average molecular weight is 214 g/mol. The molecular weight excluding hydrogens is 196 g/mol.